The van der Waals surface area contributed by atoms with Crippen molar-refractivity contribution in [3.8, 4) is 0 Å². The van der Waals surface area contributed by atoms with Crippen LogP contribution < -0.4 is 0 Å². The zero-order valence-electron chi connectivity index (χ0n) is 11.3. The molecule has 2 aliphatic heterocycles. The quantitative estimate of drug-likeness (QED) is 0.839. The van der Waals surface area contributed by atoms with E-state index in [0.29, 0.717) is 6.61 Å². The lowest BCUT2D eigenvalue weighted by atomic mass is 10.0. The van der Waals surface area contributed by atoms with Gasteiger partial charge < -0.3 is 9.47 Å². The SMILES string of the molecule is CC1(C)OC[C@H]2[C@@H](CCc3ccccc3)OC(=O)N21. The molecule has 0 N–H and O–H groups in total. The van der Waals surface area contributed by atoms with E-state index in [2.05, 4.69) is 12.1 Å². The van der Waals surface area contributed by atoms with Gasteiger partial charge in [-0.2, -0.15) is 0 Å². The molecule has 2 saturated heterocycles. The molecule has 0 aliphatic carbocycles. The zero-order valence-corrected chi connectivity index (χ0v) is 11.3. The van der Waals surface area contributed by atoms with Gasteiger partial charge in [-0.05, 0) is 32.3 Å². The Bertz CT molecular complexity index is 472. The maximum atomic E-state index is 11.9. The molecule has 0 aromatic heterocycles. The molecule has 2 fully saturated rings. The van der Waals surface area contributed by atoms with E-state index in [0.717, 1.165) is 12.8 Å². The number of cyclic esters (lactones) is 1. The second-order valence-electron chi connectivity index (χ2n) is 5.64. The van der Waals surface area contributed by atoms with Gasteiger partial charge in [0.25, 0.3) is 0 Å². The highest BCUT2D eigenvalue weighted by Crippen LogP contribution is 2.36. The molecule has 2 atom stereocenters. The van der Waals surface area contributed by atoms with Gasteiger partial charge in [0, 0.05) is 0 Å². The third-order valence-corrected chi connectivity index (χ3v) is 3.96. The molecule has 0 bridgehead atoms. The molecule has 1 aromatic rings. The van der Waals surface area contributed by atoms with Gasteiger partial charge in [-0.15, -0.1) is 0 Å². The third-order valence-electron chi connectivity index (χ3n) is 3.96. The van der Waals surface area contributed by atoms with Crippen LogP contribution >= 0.6 is 0 Å². The number of aryl methyl sites for hydroxylation is 1. The van der Waals surface area contributed by atoms with Crippen molar-refractivity contribution in [1.29, 1.82) is 0 Å². The van der Waals surface area contributed by atoms with Gasteiger partial charge in [-0.1, -0.05) is 30.3 Å². The Balaban J connectivity index is 1.66. The Morgan fingerprint density at radius 1 is 1.32 bits per heavy atom. The van der Waals surface area contributed by atoms with E-state index in [4.69, 9.17) is 9.47 Å². The Morgan fingerprint density at radius 3 is 2.79 bits per heavy atom. The summed E-state index contributed by atoms with van der Waals surface area (Å²) in [4.78, 5) is 13.7. The largest absolute Gasteiger partial charge is 0.444 e. The molecule has 0 spiro atoms. The summed E-state index contributed by atoms with van der Waals surface area (Å²) in [6, 6.07) is 10.3. The monoisotopic (exact) mass is 261 g/mol. The maximum absolute atomic E-state index is 11.9. The van der Waals surface area contributed by atoms with Crippen molar-refractivity contribution >= 4 is 6.09 Å². The van der Waals surface area contributed by atoms with Crippen molar-refractivity contribution in [2.75, 3.05) is 6.61 Å². The summed E-state index contributed by atoms with van der Waals surface area (Å²) in [6.07, 6.45) is 1.46. The number of rotatable bonds is 3. The number of carbonyl (C=O) groups is 1. The van der Waals surface area contributed by atoms with E-state index in [-0.39, 0.29) is 18.2 Å². The van der Waals surface area contributed by atoms with E-state index >= 15 is 0 Å². The summed E-state index contributed by atoms with van der Waals surface area (Å²) < 4.78 is 11.2. The Morgan fingerprint density at radius 2 is 2.05 bits per heavy atom. The minimum absolute atomic E-state index is 0.0607. The van der Waals surface area contributed by atoms with Crippen LogP contribution in [0, 0.1) is 0 Å². The lowest BCUT2D eigenvalue weighted by Gasteiger charge is -2.26. The minimum Gasteiger partial charge on any atom is -0.444 e. The van der Waals surface area contributed by atoms with Crippen molar-refractivity contribution in [2.24, 2.45) is 0 Å². The van der Waals surface area contributed by atoms with Crippen LogP contribution in [0.5, 0.6) is 0 Å². The Kier molecular flexibility index (Phi) is 2.97. The summed E-state index contributed by atoms with van der Waals surface area (Å²) >= 11 is 0. The Labute approximate surface area is 113 Å². The fraction of sp³-hybridized carbons (Fsp3) is 0.533. The van der Waals surface area contributed by atoms with Gasteiger partial charge in [0.05, 0.1) is 12.6 Å². The number of hydrogen-bond acceptors (Lipinski definition) is 3. The molecule has 1 amide bonds. The number of benzene rings is 1. The van der Waals surface area contributed by atoms with Crippen LogP contribution in [-0.2, 0) is 15.9 Å². The smallest absolute Gasteiger partial charge is 0.412 e. The maximum Gasteiger partial charge on any atom is 0.412 e. The van der Waals surface area contributed by atoms with Crippen molar-refractivity contribution in [3.05, 3.63) is 35.9 Å². The fourth-order valence-corrected chi connectivity index (χ4v) is 2.93. The molecule has 2 aliphatic rings. The molecule has 2 heterocycles. The van der Waals surface area contributed by atoms with Gasteiger partial charge in [0.2, 0.25) is 0 Å². The zero-order chi connectivity index (χ0) is 13.5. The van der Waals surface area contributed by atoms with Crippen LogP contribution in [0.3, 0.4) is 0 Å². The molecule has 4 nitrogen and oxygen atoms in total. The van der Waals surface area contributed by atoms with E-state index in [1.54, 1.807) is 4.90 Å². The van der Waals surface area contributed by atoms with E-state index in [1.807, 2.05) is 32.0 Å². The number of hydrogen-bond donors (Lipinski definition) is 0. The standard InChI is InChI=1S/C15H19NO3/c1-15(2)16-12(10-18-15)13(19-14(16)17)9-8-11-6-4-3-5-7-11/h3-7,12-13H,8-10H2,1-2H3/t12-,13+/m0/s1. The normalized spacial score (nSPS) is 28.3. The summed E-state index contributed by atoms with van der Waals surface area (Å²) in [6.45, 7) is 4.39. The second-order valence-corrected chi connectivity index (χ2v) is 5.64. The molecule has 0 saturated carbocycles. The van der Waals surface area contributed by atoms with Gasteiger partial charge in [0.15, 0.2) is 0 Å². The van der Waals surface area contributed by atoms with Crippen LogP contribution in [0.1, 0.15) is 25.8 Å². The fourth-order valence-electron chi connectivity index (χ4n) is 2.93. The third kappa shape index (κ3) is 2.21. The van der Waals surface area contributed by atoms with Crippen LogP contribution in [0.25, 0.3) is 0 Å². The number of carbonyl (C=O) groups excluding carboxylic acids is 1. The first kappa shape index (κ1) is 12.5. The number of fused-ring (bicyclic) bond motifs is 1. The van der Waals surface area contributed by atoms with E-state index < -0.39 is 5.72 Å². The van der Waals surface area contributed by atoms with Crippen LogP contribution in [0.2, 0.25) is 0 Å². The highest BCUT2D eigenvalue weighted by Gasteiger charge is 2.53. The van der Waals surface area contributed by atoms with Crippen LogP contribution in [-0.4, -0.2) is 35.5 Å². The molecule has 0 radical (unpaired) electrons. The van der Waals surface area contributed by atoms with Gasteiger partial charge >= 0.3 is 6.09 Å². The molecule has 4 heteroatoms. The number of amides is 1. The van der Waals surface area contributed by atoms with Crippen molar-refractivity contribution < 1.29 is 14.3 Å². The number of ether oxygens (including phenoxy) is 2. The first-order valence-electron chi connectivity index (χ1n) is 6.76. The first-order chi connectivity index (χ1) is 9.08. The lowest BCUT2D eigenvalue weighted by Crippen LogP contribution is -2.44. The first-order valence-corrected chi connectivity index (χ1v) is 6.76. The second kappa shape index (κ2) is 4.53. The average molecular weight is 261 g/mol. The van der Waals surface area contributed by atoms with Crippen molar-refractivity contribution in [3.63, 3.8) is 0 Å². The highest BCUT2D eigenvalue weighted by molar-refractivity contribution is 5.72. The topological polar surface area (TPSA) is 38.8 Å². The predicted molar refractivity (Wildman–Crippen MR) is 70.7 cm³/mol. The highest BCUT2D eigenvalue weighted by atomic mass is 16.6. The summed E-state index contributed by atoms with van der Waals surface area (Å²) in [5.74, 6) is 0. The molecule has 0 unspecified atom stereocenters. The minimum atomic E-state index is -0.538. The average Bonchev–Trinajstić information content (AvgIpc) is 2.88. The predicted octanol–water partition coefficient (Wildman–Crippen LogP) is 2.57. The van der Waals surface area contributed by atoms with Gasteiger partial charge in [0.1, 0.15) is 11.8 Å². The molecule has 1 aromatic carbocycles. The van der Waals surface area contributed by atoms with Gasteiger partial charge in [-0.25, -0.2) is 4.79 Å². The summed E-state index contributed by atoms with van der Waals surface area (Å²) in [7, 11) is 0. The molecular weight excluding hydrogens is 242 g/mol. The van der Waals surface area contributed by atoms with Crippen molar-refractivity contribution in [2.45, 2.75) is 44.6 Å². The molecule has 3 rings (SSSR count). The van der Waals surface area contributed by atoms with Gasteiger partial charge in [-0.3, -0.25) is 4.90 Å². The summed E-state index contributed by atoms with van der Waals surface area (Å²) in [5, 5.41) is 0. The summed E-state index contributed by atoms with van der Waals surface area (Å²) in [5.41, 5.74) is 0.735. The number of nitrogens with zero attached hydrogens (tertiary/aromatic N) is 1. The lowest BCUT2D eigenvalue weighted by molar-refractivity contribution is -0.0389. The molecular formula is C15H19NO3. The van der Waals surface area contributed by atoms with E-state index in [1.165, 1.54) is 5.56 Å². The van der Waals surface area contributed by atoms with Crippen LogP contribution in [0.4, 0.5) is 4.79 Å². The Hall–Kier alpha value is -1.55. The van der Waals surface area contributed by atoms with Crippen LogP contribution in [0.15, 0.2) is 30.3 Å². The van der Waals surface area contributed by atoms with Crippen molar-refractivity contribution in [1.82, 2.24) is 4.90 Å². The van der Waals surface area contributed by atoms with E-state index in [9.17, 15) is 4.79 Å². The molecule has 102 valence electrons. The molecule has 19 heavy (non-hydrogen) atoms.